The lowest BCUT2D eigenvalue weighted by Gasteiger charge is -2.33. The van der Waals surface area contributed by atoms with Crippen LogP contribution in [0.2, 0.25) is 5.02 Å². The highest BCUT2D eigenvalue weighted by Crippen LogP contribution is 2.34. The number of benzene rings is 3. The lowest BCUT2D eigenvalue weighted by molar-refractivity contribution is 0.0705. The molecule has 1 atom stereocenters. The zero-order valence-electron chi connectivity index (χ0n) is 24.3. The standard InChI is InChI=1S/C31H32ClFN4O5S/c1-20-29(31(39)37(34(20)2)23-11-6-5-7-12-23)35(3)43(40,41)27-18-21(15-16-25(27)32)30(38)36-17-9-10-22(19-36)24-13-8-14-26(42-4)28(24)33/h5-8,11-16,18,22H,9-10,17,19H2,1-4H3. The van der Waals surface area contributed by atoms with Crippen molar-refractivity contribution in [2.75, 3.05) is 31.6 Å². The van der Waals surface area contributed by atoms with E-state index in [2.05, 4.69) is 0 Å². The Kier molecular flexibility index (Phi) is 8.40. The van der Waals surface area contributed by atoms with Gasteiger partial charge in [0.2, 0.25) is 0 Å². The van der Waals surface area contributed by atoms with Gasteiger partial charge >= 0.3 is 0 Å². The number of para-hydroxylation sites is 1. The first kappa shape index (κ1) is 30.4. The van der Waals surface area contributed by atoms with Crippen LogP contribution < -0.4 is 14.6 Å². The van der Waals surface area contributed by atoms with Crippen molar-refractivity contribution < 1.29 is 22.3 Å². The van der Waals surface area contributed by atoms with Crippen LogP contribution in [0.15, 0.2) is 76.4 Å². The van der Waals surface area contributed by atoms with Gasteiger partial charge in [0.25, 0.3) is 21.5 Å². The molecule has 3 aromatic carbocycles. The monoisotopic (exact) mass is 626 g/mol. The van der Waals surface area contributed by atoms with Gasteiger partial charge in [-0.3, -0.25) is 18.6 Å². The van der Waals surface area contributed by atoms with Gasteiger partial charge in [-0.25, -0.2) is 17.5 Å². The molecule has 1 aliphatic heterocycles. The van der Waals surface area contributed by atoms with Crippen molar-refractivity contribution in [1.29, 1.82) is 0 Å². The van der Waals surface area contributed by atoms with Crippen LogP contribution in [0.3, 0.4) is 0 Å². The van der Waals surface area contributed by atoms with Gasteiger partial charge in [0.15, 0.2) is 11.6 Å². The molecule has 9 nitrogen and oxygen atoms in total. The number of ether oxygens (including phenoxy) is 1. The fourth-order valence-corrected chi connectivity index (χ4v) is 7.36. The van der Waals surface area contributed by atoms with Gasteiger partial charge in [0.05, 0.1) is 23.5 Å². The lowest BCUT2D eigenvalue weighted by Crippen LogP contribution is -2.39. The summed E-state index contributed by atoms with van der Waals surface area (Å²) in [6.07, 6.45) is 1.34. The fraction of sp³-hybridized carbons (Fsp3) is 0.290. The highest BCUT2D eigenvalue weighted by atomic mass is 35.5. The number of methoxy groups -OCH3 is 1. The van der Waals surface area contributed by atoms with Crippen LogP contribution in [0, 0.1) is 12.7 Å². The molecule has 2 heterocycles. The van der Waals surface area contributed by atoms with Crippen LogP contribution in [0.5, 0.6) is 5.75 Å². The number of hydrogen-bond acceptors (Lipinski definition) is 5. The zero-order chi connectivity index (χ0) is 31.1. The Hall–Kier alpha value is -4.09. The first-order valence-corrected chi connectivity index (χ1v) is 15.5. The van der Waals surface area contributed by atoms with Gasteiger partial charge in [-0.15, -0.1) is 0 Å². The van der Waals surface area contributed by atoms with Crippen molar-refractivity contribution in [3.63, 3.8) is 0 Å². The topological polar surface area (TPSA) is 93.8 Å². The van der Waals surface area contributed by atoms with E-state index in [0.29, 0.717) is 36.3 Å². The van der Waals surface area contributed by atoms with Crippen LogP contribution in [-0.2, 0) is 17.1 Å². The number of sulfonamides is 1. The molecule has 4 aromatic rings. The quantitative estimate of drug-likeness (QED) is 0.284. The molecule has 1 unspecified atom stereocenters. The Bertz CT molecular complexity index is 1860. The van der Waals surface area contributed by atoms with E-state index in [1.807, 2.05) is 6.07 Å². The Morgan fingerprint density at radius 1 is 1.09 bits per heavy atom. The minimum absolute atomic E-state index is 0.0432. The number of carbonyl (C=O) groups is 1. The molecule has 5 rings (SSSR count). The summed E-state index contributed by atoms with van der Waals surface area (Å²) in [6.45, 7) is 2.35. The third-order valence-electron chi connectivity index (χ3n) is 8.02. The van der Waals surface area contributed by atoms with Crippen LogP contribution >= 0.6 is 11.6 Å². The second kappa shape index (κ2) is 11.9. The first-order chi connectivity index (χ1) is 20.5. The minimum atomic E-state index is -4.37. The summed E-state index contributed by atoms with van der Waals surface area (Å²) in [5, 5.41) is -0.0876. The Morgan fingerprint density at radius 2 is 1.81 bits per heavy atom. The molecule has 0 aliphatic carbocycles. The second-order valence-electron chi connectivity index (χ2n) is 10.5. The molecular formula is C31H32ClFN4O5S. The summed E-state index contributed by atoms with van der Waals surface area (Å²) in [5.41, 5.74) is 1.02. The largest absolute Gasteiger partial charge is 0.494 e. The van der Waals surface area contributed by atoms with Crippen molar-refractivity contribution in [1.82, 2.24) is 14.3 Å². The van der Waals surface area contributed by atoms with Crippen LogP contribution in [0.25, 0.3) is 5.69 Å². The van der Waals surface area contributed by atoms with Gasteiger partial charge in [-0.2, -0.15) is 0 Å². The van der Waals surface area contributed by atoms with E-state index in [9.17, 15) is 22.4 Å². The van der Waals surface area contributed by atoms with E-state index in [1.54, 1.807) is 66.0 Å². The summed E-state index contributed by atoms with van der Waals surface area (Å²) < 4.78 is 51.8. The number of halogens is 2. The number of aromatic nitrogens is 2. The molecule has 1 fully saturated rings. The van der Waals surface area contributed by atoms with E-state index < -0.39 is 27.3 Å². The molecule has 0 N–H and O–H groups in total. The normalized spacial score (nSPS) is 15.4. The maximum absolute atomic E-state index is 15.0. The van der Waals surface area contributed by atoms with Gasteiger partial charge in [-0.1, -0.05) is 41.9 Å². The molecule has 0 saturated carbocycles. The predicted molar refractivity (Wildman–Crippen MR) is 164 cm³/mol. The molecule has 1 amide bonds. The van der Waals surface area contributed by atoms with Crippen LogP contribution in [0.1, 0.15) is 40.4 Å². The van der Waals surface area contributed by atoms with Crippen LogP contribution in [0.4, 0.5) is 10.1 Å². The highest BCUT2D eigenvalue weighted by molar-refractivity contribution is 7.93. The SMILES string of the molecule is COc1cccc(C2CCCN(C(=O)c3ccc(Cl)c(S(=O)(=O)N(C)c4c(C)n(C)n(-c5ccccc5)c4=O)c3)C2)c1F. The molecular weight excluding hydrogens is 595 g/mol. The van der Waals surface area contributed by atoms with Gasteiger partial charge < -0.3 is 9.64 Å². The summed E-state index contributed by atoms with van der Waals surface area (Å²) >= 11 is 6.39. The first-order valence-electron chi connectivity index (χ1n) is 13.7. The van der Waals surface area contributed by atoms with Crippen molar-refractivity contribution in [3.8, 4) is 11.4 Å². The smallest absolute Gasteiger partial charge is 0.296 e. The van der Waals surface area contributed by atoms with Crippen molar-refractivity contribution in [2.24, 2.45) is 7.05 Å². The molecule has 1 saturated heterocycles. The molecule has 1 aliphatic rings. The lowest BCUT2D eigenvalue weighted by atomic mass is 9.89. The third-order valence-corrected chi connectivity index (χ3v) is 10.3. The number of amides is 1. The van der Waals surface area contributed by atoms with E-state index in [4.69, 9.17) is 16.3 Å². The minimum Gasteiger partial charge on any atom is -0.494 e. The molecule has 1 aromatic heterocycles. The third kappa shape index (κ3) is 5.43. The Labute approximate surface area is 254 Å². The molecule has 0 spiro atoms. The number of piperidine rings is 1. The Morgan fingerprint density at radius 3 is 2.51 bits per heavy atom. The van der Waals surface area contributed by atoms with E-state index in [-0.39, 0.29) is 39.4 Å². The average molecular weight is 627 g/mol. The molecule has 43 heavy (non-hydrogen) atoms. The maximum Gasteiger partial charge on any atom is 0.296 e. The maximum atomic E-state index is 15.0. The number of anilines is 1. The van der Waals surface area contributed by atoms with Gasteiger partial charge in [-0.05, 0) is 61.7 Å². The van der Waals surface area contributed by atoms with Crippen molar-refractivity contribution in [3.05, 3.63) is 105 Å². The molecule has 12 heteroatoms. The number of rotatable bonds is 7. The summed E-state index contributed by atoms with van der Waals surface area (Å²) in [7, 11) is -0.00465. The molecule has 0 radical (unpaired) electrons. The van der Waals surface area contributed by atoms with Crippen molar-refractivity contribution in [2.45, 2.75) is 30.6 Å². The predicted octanol–water partition coefficient (Wildman–Crippen LogP) is 5.13. The van der Waals surface area contributed by atoms with Gasteiger partial charge in [0.1, 0.15) is 10.6 Å². The molecule has 226 valence electrons. The van der Waals surface area contributed by atoms with E-state index in [1.165, 1.54) is 37.0 Å². The number of likely N-dealkylation sites (tertiary alicyclic amines) is 1. The van der Waals surface area contributed by atoms with E-state index in [0.717, 1.165) is 4.31 Å². The summed E-state index contributed by atoms with van der Waals surface area (Å²) in [4.78, 5) is 28.4. The fourth-order valence-electron chi connectivity index (χ4n) is 5.62. The number of nitrogens with zero attached hydrogens (tertiary/aromatic N) is 4. The van der Waals surface area contributed by atoms with Gasteiger partial charge in [0, 0.05) is 38.7 Å². The van der Waals surface area contributed by atoms with Crippen molar-refractivity contribution >= 4 is 33.2 Å². The summed E-state index contributed by atoms with van der Waals surface area (Å²) in [5.74, 6) is -0.954. The van der Waals surface area contributed by atoms with E-state index >= 15 is 0 Å². The number of carbonyl (C=O) groups excluding carboxylic acids is 1. The second-order valence-corrected chi connectivity index (χ2v) is 12.8. The average Bonchev–Trinajstić information content (AvgIpc) is 3.23. The summed E-state index contributed by atoms with van der Waals surface area (Å²) in [6, 6.07) is 17.9. The zero-order valence-corrected chi connectivity index (χ0v) is 25.8. The Balaban J connectivity index is 1.46. The number of hydrogen-bond donors (Lipinski definition) is 0. The highest BCUT2D eigenvalue weighted by Gasteiger charge is 2.33. The molecule has 0 bridgehead atoms. The van der Waals surface area contributed by atoms with Crippen LogP contribution in [-0.4, -0.2) is 55.8 Å².